The fourth-order valence-corrected chi connectivity index (χ4v) is 1.56. The van der Waals surface area contributed by atoms with Crippen molar-refractivity contribution in [2.45, 2.75) is 32.0 Å². The molecule has 1 unspecified atom stereocenters. The molecule has 1 fully saturated rings. The topological polar surface area (TPSA) is 3.24 Å². The molecular formula is C12H16BrN. The fourth-order valence-electron chi connectivity index (χ4n) is 1.10. The van der Waals surface area contributed by atoms with Crippen molar-refractivity contribution in [1.82, 2.24) is 0 Å². The highest BCUT2D eigenvalue weighted by Crippen LogP contribution is 2.30. The molecule has 0 amide bonds. The van der Waals surface area contributed by atoms with Gasteiger partial charge in [0.05, 0.1) is 7.06 Å². The summed E-state index contributed by atoms with van der Waals surface area (Å²) in [6.07, 6.45) is -10.7. The molecular weight excluding hydrogens is 238 g/mol. The minimum atomic E-state index is -3.61. The summed E-state index contributed by atoms with van der Waals surface area (Å²) in [6.45, 7) is -6.87. The molecule has 1 atom stereocenters. The van der Waals surface area contributed by atoms with Gasteiger partial charge >= 0.3 is 0 Å². The SMILES string of the molecule is [2H]C([2H])([2H])C1([2H])N(c2ccccc2Br)C([2H])([2H])C([2H])([2H])C([2H])([2H])C1([2H])[2H]. The lowest BCUT2D eigenvalue weighted by atomic mass is 10.0. The van der Waals surface area contributed by atoms with Crippen LogP contribution in [0.15, 0.2) is 28.7 Å². The van der Waals surface area contributed by atoms with Crippen LogP contribution in [0.25, 0.3) is 0 Å². The summed E-state index contributed by atoms with van der Waals surface area (Å²) < 4.78 is 96.1. The number of hydrogen-bond donors (Lipinski definition) is 0. The average molecular weight is 266 g/mol. The molecule has 1 aromatic rings. The van der Waals surface area contributed by atoms with Crippen molar-refractivity contribution >= 4 is 21.6 Å². The van der Waals surface area contributed by atoms with E-state index in [2.05, 4.69) is 15.9 Å². The summed E-state index contributed by atoms with van der Waals surface area (Å²) in [4.78, 5) is 0.193. The normalized spacial score (nSPS) is 55.6. The summed E-state index contributed by atoms with van der Waals surface area (Å²) >= 11 is 3.09. The Hall–Kier alpha value is -0.500. The zero-order valence-electron chi connectivity index (χ0n) is 19.1. The smallest absolute Gasteiger partial charge is 0.0527 e. The van der Waals surface area contributed by atoms with Gasteiger partial charge in [-0.15, -0.1) is 0 Å². The molecule has 1 nitrogen and oxygen atoms in total. The highest BCUT2D eigenvalue weighted by atomic mass is 79.9. The quantitative estimate of drug-likeness (QED) is 0.746. The predicted molar refractivity (Wildman–Crippen MR) is 64.8 cm³/mol. The van der Waals surface area contributed by atoms with E-state index in [1.807, 2.05) is 0 Å². The molecule has 1 saturated heterocycles. The third kappa shape index (κ3) is 1.95. The first kappa shape index (κ1) is 3.00. The van der Waals surface area contributed by atoms with Crippen LogP contribution in [0.4, 0.5) is 5.69 Å². The molecule has 0 aliphatic carbocycles. The molecule has 0 bridgehead atoms. The lowest BCUT2D eigenvalue weighted by Crippen LogP contribution is -2.37. The van der Waals surface area contributed by atoms with Crippen molar-refractivity contribution in [2.24, 2.45) is 0 Å². The summed E-state index contributed by atoms with van der Waals surface area (Å²) in [5, 5.41) is 0. The molecule has 2 heteroatoms. The van der Waals surface area contributed by atoms with Gasteiger partial charge in [0.2, 0.25) is 0 Å². The van der Waals surface area contributed by atoms with Gasteiger partial charge in [-0.25, -0.2) is 0 Å². The highest BCUT2D eigenvalue weighted by Gasteiger charge is 2.19. The summed E-state index contributed by atoms with van der Waals surface area (Å²) in [5.41, 5.74) is -0.271. The van der Waals surface area contributed by atoms with E-state index in [-0.39, 0.29) is 15.1 Å². The summed E-state index contributed by atoms with van der Waals surface area (Å²) in [6, 6.07) is 2.08. The molecule has 0 saturated carbocycles. The van der Waals surface area contributed by atoms with Gasteiger partial charge in [-0.3, -0.25) is 0 Å². The number of hydrogen-bond acceptors (Lipinski definition) is 1. The van der Waals surface area contributed by atoms with Crippen LogP contribution in [0.2, 0.25) is 0 Å². The van der Waals surface area contributed by atoms with Gasteiger partial charge in [-0.1, -0.05) is 12.1 Å². The second-order valence-corrected chi connectivity index (χ2v) is 3.48. The van der Waals surface area contributed by atoms with Crippen molar-refractivity contribution in [3.05, 3.63) is 28.7 Å². The predicted octanol–water partition coefficient (Wildman–Crippen LogP) is 3.83. The van der Waals surface area contributed by atoms with Gasteiger partial charge in [-0.2, -0.15) is 0 Å². The number of halogens is 1. The minimum absolute atomic E-state index is 0.110. The maximum atomic E-state index is 8.47. The van der Waals surface area contributed by atoms with Crippen molar-refractivity contribution in [2.75, 3.05) is 11.4 Å². The van der Waals surface area contributed by atoms with Crippen LogP contribution < -0.4 is 4.90 Å². The molecule has 0 spiro atoms. The van der Waals surface area contributed by atoms with Gasteiger partial charge in [0.25, 0.3) is 0 Å². The fraction of sp³-hybridized carbons (Fsp3) is 0.500. The van der Waals surface area contributed by atoms with Crippen LogP contribution in [-0.2, 0) is 0 Å². The summed E-state index contributed by atoms with van der Waals surface area (Å²) in [7, 11) is 0. The van der Waals surface area contributed by atoms with Crippen molar-refractivity contribution in [3.63, 3.8) is 0 Å². The Bertz CT molecular complexity index is 714. The molecule has 0 radical (unpaired) electrons. The Kier molecular flexibility index (Phi) is 0.933. The second kappa shape index (κ2) is 4.35. The van der Waals surface area contributed by atoms with Crippen LogP contribution in [0, 0.1) is 0 Å². The van der Waals surface area contributed by atoms with Crippen molar-refractivity contribution < 1.29 is 16.4 Å². The molecule has 1 aromatic carbocycles. The highest BCUT2D eigenvalue weighted by molar-refractivity contribution is 9.10. The Morgan fingerprint density at radius 1 is 1.57 bits per heavy atom. The number of nitrogens with zero attached hydrogens (tertiary/aromatic N) is 1. The number of piperidine rings is 1. The van der Waals surface area contributed by atoms with Crippen LogP contribution >= 0.6 is 15.9 Å². The molecule has 76 valence electrons. The Morgan fingerprint density at radius 2 is 2.43 bits per heavy atom. The van der Waals surface area contributed by atoms with Crippen molar-refractivity contribution in [1.29, 1.82) is 0 Å². The zero-order valence-corrected chi connectivity index (χ0v) is 8.72. The maximum absolute atomic E-state index is 8.47. The van der Waals surface area contributed by atoms with E-state index >= 15 is 0 Å². The average Bonchev–Trinajstić information content (AvgIpc) is 2.46. The van der Waals surface area contributed by atoms with Gasteiger partial charge in [0.15, 0.2) is 0 Å². The molecule has 0 aromatic heterocycles. The largest absolute Gasteiger partial charge is 0.368 e. The molecule has 1 heterocycles. The van der Waals surface area contributed by atoms with E-state index in [9.17, 15) is 0 Å². The van der Waals surface area contributed by atoms with Gasteiger partial charge in [0.1, 0.15) is 0 Å². The zero-order chi connectivity index (χ0) is 20.6. The van der Waals surface area contributed by atoms with Gasteiger partial charge in [-0.05, 0) is 54.0 Å². The second-order valence-electron chi connectivity index (χ2n) is 2.62. The molecule has 0 N–H and O–H groups in total. The van der Waals surface area contributed by atoms with Crippen LogP contribution in [0.5, 0.6) is 0 Å². The van der Waals surface area contributed by atoms with E-state index in [4.69, 9.17) is 16.4 Å². The van der Waals surface area contributed by atoms with E-state index in [1.54, 1.807) is 0 Å². The molecule has 2 rings (SSSR count). The third-order valence-electron chi connectivity index (χ3n) is 1.73. The van der Waals surface area contributed by atoms with Gasteiger partial charge in [0, 0.05) is 32.1 Å². The van der Waals surface area contributed by atoms with E-state index in [0.29, 0.717) is 0 Å². The van der Waals surface area contributed by atoms with Crippen LogP contribution in [0.1, 0.15) is 42.4 Å². The Labute approximate surface area is 111 Å². The lowest BCUT2D eigenvalue weighted by molar-refractivity contribution is 0.484. The van der Waals surface area contributed by atoms with E-state index in [0.717, 1.165) is 0 Å². The molecule has 14 heavy (non-hydrogen) atoms. The minimum Gasteiger partial charge on any atom is -0.368 e. The van der Waals surface area contributed by atoms with Crippen LogP contribution in [0.3, 0.4) is 0 Å². The number of benzene rings is 1. The Balaban J connectivity index is 3.00. The maximum Gasteiger partial charge on any atom is 0.0527 e. The van der Waals surface area contributed by atoms with Gasteiger partial charge < -0.3 is 4.90 Å². The Morgan fingerprint density at radius 3 is 3.21 bits per heavy atom. The summed E-state index contributed by atoms with van der Waals surface area (Å²) in [5.74, 6) is 0. The standard InChI is InChI=1S/C12H16BrN/c1-10-6-4-5-9-14(10)12-8-3-2-7-11(12)13/h2-3,7-8,10H,4-6,9H2,1H3/i1D3,4D2,5D2,6D2,9D2,10D. The molecule has 1 aliphatic heterocycles. The molecule has 1 aliphatic rings. The first-order valence-electron chi connectivity index (χ1n) is 9.94. The van der Waals surface area contributed by atoms with Crippen LogP contribution in [-0.4, -0.2) is 12.5 Å². The number of rotatable bonds is 1. The monoisotopic (exact) mass is 265 g/mol. The number of para-hydroxylation sites is 1. The lowest BCUT2D eigenvalue weighted by Gasteiger charge is -2.36. The third-order valence-corrected chi connectivity index (χ3v) is 2.40. The number of anilines is 1. The van der Waals surface area contributed by atoms with E-state index < -0.39 is 38.5 Å². The van der Waals surface area contributed by atoms with E-state index in [1.165, 1.54) is 24.3 Å². The van der Waals surface area contributed by atoms with Crippen molar-refractivity contribution in [3.8, 4) is 0 Å². The first-order valence-corrected chi connectivity index (χ1v) is 4.73. The first-order chi connectivity index (χ1) is 11.4.